The molecular weight excluding hydrogens is 563 g/mol. The Bertz CT molecular complexity index is 1360. The van der Waals surface area contributed by atoms with Gasteiger partial charge in [-0.05, 0) is 19.9 Å². The van der Waals surface area contributed by atoms with Gasteiger partial charge in [0.15, 0.2) is 5.69 Å². The Balaban J connectivity index is 2.61. The minimum absolute atomic E-state index is 0.0457. The van der Waals surface area contributed by atoms with Crippen molar-refractivity contribution in [2.75, 3.05) is 43.6 Å². The van der Waals surface area contributed by atoms with E-state index in [1.807, 2.05) is 0 Å². The summed E-state index contributed by atoms with van der Waals surface area (Å²) in [6.45, 7) is 5.05. The molecule has 2 aromatic carbocycles. The number of nitro groups is 2. The van der Waals surface area contributed by atoms with Crippen molar-refractivity contribution < 1.29 is 42.8 Å². The fourth-order valence-corrected chi connectivity index (χ4v) is 3.63. The van der Waals surface area contributed by atoms with Gasteiger partial charge in [-0.15, -0.1) is 10.2 Å². The standard InChI is InChI=1S/C25H29FN6O10/c1-5-41-24(34)7-9-30(10-8-25(35)42-6-2)22-12-17(27-15(3)33)18(13-23(22)40-4)28-29-19-11-16(26)20(31(36)37)14-21(19)32(38)39/h11-14H,5-10H2,1-4H3,(H,27,33). The molecule has 0 aliphatic carbocycles. The Morgan fingerprint density at radius 2 is 1.45 bits per heavy atom. The van der Waals surface area contributed by atoms with Gasteiger partial charge in [-0.2, -0.15) is 4.39 Å². The number of hydrogen-bond acceptors (Lipinski definition) is 13. The number of methoxy groups -OCH3 is 1. The number of esters is 2. The van der Waals surface area contributed by atoms with Crippen LogP contribution in [0.2, 0.25) is 0 Å². The Hall–Kier alpha value is -5.22. The molecule has 0 radical (unpaired) electrons. The van der Waals surface area contributed by atoms with Crippen LogP contribution in [0.5, 0.6) is 5.75 Å². The van der Waals surface area contributed by atoms with Crippen molar-refractivity contribution in [3.8, 4) is 5.75 Å². The molecule has 2 rings (SSSR count). The van der Waals surface area contributed by atoms with E-state index in [4.69, 9.17) is 14.2 Å². The molecule has 0 aliphatic rings. The molecule has 0 bridgehead atoms. The summed E-state index contributed by atoms with van der Waals surface area (Å²) in [5, 5.41) is 32.6. The second-order valence-electron chi connectivity index (χ2n) is 8.33. The van der Waals surface area contributed by atoms with Crippen molar-refractivity contribution in [1.29, 1.82) is 0 Å². The molecule has 0 spiro atoms. The predicted octanol–water partition coefficient (Wildman–Crippen LogP) is 4.74. The first-order valence-corrected chi connectivity index (χ1v) is 12.5. The van der Waals surface area contributed by atoms with Crippen molar-refractivity contribution in [2.24, 2.45) is 10.2 Å². The van der Waals surface area contributed by atoms with Gasteiger partial charge in [0.1, 0.15) is 11.4 Å². The van der Waals surface area contributed by atoms with Crippen molar-refractivity contribution in [3.05, 3.63) is 50.3 Å². The molecule has 2 aromatic rings. The van der Waals surface area contributed by atoms with Crippen molar-refractivity contribution in [1.82, 2.24) is 0 Å². The third-order valence-corrected chi connectivity index (χ3v) is 5.43. The van der Waals surface area contributed by atoms with Gasteiger partial charge in [-0.1, -0.05) is 0 Å². The highest BCUT2D eigenvalue weighted by Crippen LogP contribution is 2.41. The lowest BCUT2D eigenvalue weighted by Crippen LogP contribution is -2.30. The highest BCUT2D eigenvalue weighted by Gasteiger charge is 2.25. The number of nitro benzene ring substituents is 2. The van der Waals surface area contributed by atoms with Crippen molar-refractivity contribution in [3.63, 3.8) is 0 Å². The number of azo groups is 1. The van der Waals surface area contributed by atoms with Gasteiger partial charge in [0.2, 0.25) is 11.7 Å². The van der Waals surface area contributed by atoms with E-state index >= 15 is 0 Å². The maximum atomic E-state index is 14.2. The van der Waals surface area contributed by atoms with Gasteiger partial charge in [0, 0.05) is 32.1 Å². The highest BCUT2D eigenvalue weighted by molar-refractivity contribution is 5.94. The fourth-order valence-electron chi connectivity index (χ4n) is 3.63. The molecule has 0 saturated heterocycles. The number of hydrogen-bond donors (Lipinski definition) is 1. The average molecular weight is 593 g/mol. The van der Waals surface area contributed by atoms with E-state index in [0.29, 0.717) is 17.8 Å². The number of carbonyl (C=O) groups excluding carboxylic acids is 3. The molecule has 0 heterocycles. The smallest absolute Gasteiger partial charge is 0.311 e. The van der Waals surface area contributed by atoms with Crippen LogP contribution in [0.3, 0.4) is 0 Å². The Morgan fingerprint density at radius 3 is 1.93 bits per heavy atom. The number of anilines is 2. The van der Waals surface area contributed by atoms with E-state index in [0.717, 1.165) is 0 Å². The Kier molecular flexibility index (Phi) is 12.2. The first kappa shape index (κ1) is 33.0. The average Bonchev–Trinajstić information content (AvgIpc) is 2.91. The van der Waals surface area contributed by atoms with E-state index in [1.165, 1.54) is 26.2 Å². The van der Waals surface area contributed by atoms with Crippen molar-refractivity contribution in [2.45, 2.75) is 33.6 Å². The number of nitrogens with zero attached hydrogens (tertiary/aromatic N) is 5. The van der Waals surface area contributed by atoms with E-state index in [9.17, 15) is 39.0 Å². The zero-order valence-electron chi connectivity index (χ0n) is 23.2. The lowest BCUT2D eigenvalue weighted by atomic mass is 10.1. The minimum atomic E-state index is -1.37. The molecule has 0 aromatic heterocycles. The molecular formula is C25H29FN6O10. The largest absolute Gasteiger partial charge is 0.494 e. The molecule has 0 fully saturated rings. The number of benzene rings is 2. The van der Waals surface area contributed by atoms with Gasteiger partial charge >= 0.3 is 23.3 Å². The van der Waals surface area contributed by atoms with Crippen LogP contribution >= 0.6 is 0 Å². The summed E-state index contributed by atoms with van der Waals surface area (Å²) in [6.07, 6.45) is -0.0990. The predicted molar refractivity (Wildman–Crippen MR) is 146 cm³/mol. The summed E-state index contributed by atoms with van der Waals surface area (Å²) in [7, 11) is 1.32. The van der Waals surface area contributed by atoms with Crippen molar-refractivity contribution >= 4 is 52.0 Å². The maximum Gasteiger partial charge on any atom is 0.311 e. The third kappa shape index (κ3) is 9.17. The number of halogens is 1. The van der Waals surface area contributed by atoms with Crippen LogP contribution < -0.4 is 15.0 Å². The molecule has 17 heteroatoms. The number of rotatable bonds is 15. The van der Waals surface area contributed by atoms with Crippen LogP contribution in [0.25, 0.3) is 0 Å². The SMILES string of the molecule is CCOC(=O)CCN(CCC(=O)OCC)c1cc(NC(C)=O)c(N=Nc2cc(F)c([N+](=O)[O-])cc2[N+](=O)[O-])cc1OC. The molecule has 226 valence electrons. The normalized spacial score (nSPS) is 10.7. The first-order chi connectivity index (χ1) is 19.9. The maximum absolute atomic E-state index is 14.2. The van der Waals surface area contributed by atoms with Gasteiger partial charge < -0.3 is 24.4 Å². The van der Waals surface area contributed by atoms with Gasteiger partial charge in [-0.25, -0.2) is 0 Å². The van der Waals surface area contributed by atoms with Gasteiger partial charge in [0.05, 0.1) is 60.5 Å². The quantitative estimate of drug-likeness (QED) is 0.129. The zero-order chi connectivity index (χ0) is 31.4. The van der Waals surface area contributed by atoms with Crippen LogP contribution in [0, 0.1) is 26.0 Å². The second kappa shape index (κ2) is 15.5. The lowest BCUT2D eigenvalue weighted by Gasteiger charge is -2.27. The molecule has 0 aliphatic heterocycles. The molecule has 0 unspecified atom stereocenters. The second-order valence-corrected chi connectivity index (χ2v) is 8.33. The van der Waals surface area contributed by atoms with Crippen LogP contribution in [0.15, 0.2) is 34.5 Å². The molecule has 16 nitrogen and oxygen atoms in total. The highest BCUT2D eigenvalue weighted by atomic mass is 19.1. The number of ether oxygens (including phenoxy) is 3. The summed E-state index contributed by atoms with van der Waals surface area (Å²) in [5.74, 6) is -2.72. The Morgan fingerprint density at radius 1 is 0.905 bits per heavy atom. The Labute approximate surface area is 238 Å². The van der Waals surface area contributed by atoms with E-state index in [2.05, 4.69) is 15.5 Å². The summed E-state index contributed by atoms with van der Waals surface area (Å²) < 4.78 is 29.7. The fraction of sp³-hybridized carbons (Fsp3) is 0.400. The van der Waals surface area contributed by atoms with E-state index < -0.39 is 50.6 Å². The van der Waals surface area contributed by atoms with Crippen LogP contribution in [0.4, 0.5) is 38.5 Å². The first-order valence-electron chi connectivity index (χ1n) is 12.5. The van der Waals surface area contributed by atoms with Crippen LogP contribution in [-0.2, 0) is 23.9 Å². The third-order valence-electron chi connectivity index (χ3n) is 5.43. The summed E-state index contributed by atoms with van der Waals surface area (Å²) >= 11 is 0. The molecule has 42 heavy (non-hydrogen) atoms. The number of nitrogens with one attached hydrogen (secondary N) is 1. The van der Waals surface area contributed by atoms with Gasteiger partial charge in [0.25, 0.3) is 0 Å². The summed E-state index contributed by atoms with van der Waals surface area (Å²) in [5.41, 5.74) is -2.30. The minimum Gasteiger partial charge on any atom is -0.494 e. The monoisotopic (exact) mass is 592 g/mol. The summed E-state index contributed by atoms with van der Waals surface area (Å²) in [6, 6.07) is 3.66. The molecule has 0 atom stereocenters. The van der Waals surface area contributed by atoms with Crippen LogP contribution in [-0.4, -0.2) is 61.1 Å². The van der Waals surface area contributed by atoms with E-state index in [1.54, 1.807) is 18.7 Å². The molecule has 0 saturated carbocycles. The number of amides is 1. The summed E-state index contributed by atoms with van der Waals surface area (Å²) in [4.78, 5) is 58.1. The zero-order valence-corrected chi connectivity index (χ0v) is 23.2. The molecule has 1 N–H and O–H groups in total. The lowest BCUT2D eigenvalue weighted by molar-refractivity contribution is -0.395. The molecule has 1 amide bonds. The van der Waals surface area contributed by atoms with Crippen LogP contribution in [0.1, 0.15) is 33.6 Å². The number of carbonyl (C=O) groups is 3. The van der Waals surface area contributed by atoms with Gasteiger partial charge in [-0.3, -0.25) is 34.6 Å². The topological polar surface area (TPSA) is 205 Å². The van der Waals surface area contributed by atoms with E-state index in [-0.39, 0.29) is 56.3 Å².